The van der Waals surface area contributed by atoms with Gasteiger partial charge in [-0.2, -0.15) is 4.31 Å². The summed E-state index contributed by atoms with van der Waals surface area (Å²) in [4.78, 5) is 17.2. The van der Waals surface area contributed by atoms with Gasteiger partial charge in [0.25, 0.3) is 5.91 Å². The second kappa shape index (κ2) is 8.90. The summed E-state index contributed by atoms with van der Waals surface area (Å²) >= 11 is 0. The lowest BCUT2D eigenvalue weighted by Gasteiger charge is -2.35. The number of carbonyl (C=O) groups is 1. The first-order chi connectivity index (χ1) is 13.3. The third-order valence-corrected chi connectivity index (χ3v) is 7.17. The van der Waals surface area contributed by atoms with Crippen molar-refractivity contribution < 1.29 is 17.9 Å². The topological polar surface area (TPSA) is 70.2 Å². The smallest absolute Gasteiger partial charge is 0.253 e. The van der Waals surface area contributed by atoms with Gasteiger partial charge < -0.3 is 9.64 Å². The first-order valence-electron chi connectivity index (χ1n) is 10.1. The summed E-state index contributed by atoms with van der Waals surface area (Å²) in [6.45, 7) is 10.9. The zero-order valence-electron chi connectivity index (χ0n) is 17.0. The van der Waals surface area contributed by atoms with Crippen LogP contribution in [0.1, 0.15) is 37.6 Å². The fourth-order valence-corrected chi connectivity index (χ4v) is 5.51. The molecule has 2 fully saturated rings. The van der Waals surface area contributed by atoms with Crippen molar-refractivity contribution in [3.8, 4) is 0 Å². The molecule has 0 aliphatic carbocycles. The minimum atomic E-state index is -3.59. The van der Waals surface area contributed by atoms with Crippen LogP contribution in [0.5, 0.6) is 0 Å². The number of amides is 1. The average molecular weight is 410 g/mol. The zero-order chi connectivity index (χ0) is 20.3. The summed E-state index contributed by atoms with van der Waals surface area (Å²) in [7, 11) is -3.59. The van der Waals surface area contributed by atoms with Crippen LogP contribution in [0, 0.1) is 0 Å². The predicted octanol–water partition coefficient (Wildman–Crippen LogP) is 1.65. The Morgan fingerprint density at radius 3 is 2.14 bits per heavy atom. The van der Waals surface area contributed by atoms with E-state index in [9.17, 15) is 13.2 Å². The van der Waals surface area contributed by atoms with E-state index in [1.54, 1.807) is 24.3 Å². The van der Waals surface area contributed by atoms with Crippen LogP contribution in [0.2, 0.25) is 0 Å². The molecular weight excluding hydrogens is 378 g/mol. The lowest BCUT2D eigenvalue weighted by atomic mass is 10.2. The second-order valence-corrected chi connectivity index (χ2v) is 9.68. The number of rotatable bonds is 5. The first-order valence-corrected chi connectivity index (χ1v) is 11.5. The van der Waals surface area contributed by atoms with Crippen molar-refractivity contribution in [2.45, 2.75) is 44.3 Å². The number of hydrogen-bond acceptors (Lipinski definition) is 5. The molecule has 2 saturated heterocycles. The molecule has 2 heterocycles. The Labute approximate surface area is 168 Å². The summed E-state index contributed by atoms with van der Waals surface area (Å²) < 4.78 is 33.0. The van der Waals surface area contributed by atoms with E-state index >= 15 is 0 Å². The van der Waals surface area contributed by atoms with Crippen molar-refractivity contribution in [2.75, 3.05) is 45.8 Å². The number of nitrogens with zero attached hydrogens (tertiary/aromatic N) is 3. The van der Waals surface area contributed by atoms with Crippen LogP contribution in [-0.2, 0) is 14.8 Å². The molecule has 8 heteroatoms. The van der Waals surface area contributed by atoms with Crippen LogP contribution in [-0.4, -0.2) is 86.5 Å². The standard InChI is InChI=1S/C20H31N3O4S/c1-4-9-21-10-12-22(13-11-21)20(24)18-5-7-19(8-6-18)28(25,26)23-14-16(2)27-17(3)15-23/h5-8,16-17H,4,9-15H2,1-3H3/t16-,17-/m1/s1. The van der Waals surface area contributed by atoms with Crippen molar-refractivity contribution >= 4 is 15.9 Å². The summed E-state index contributed by atoms with van der Waals surface area (Å²) in [5.41, 5.74) is 0.534. The highest BCUT2D eigenvalue weighted by Gasteiger charge is 2.32. The van der Waals surface area contributed by atoms with Gasteiger partial charge in [-0.15, -0.1) is 0 Å². The number of piperazine rings is 1. The van der Waals surface area contributed by atoms with Gasteiger partial charge in [0.1, 0.15) is 0 Å². The molecule has 28 heavy (non-hydrogen) atoms. The molecule has 0 unspecified atom stereocenters. The molecule has 0 N–H and O–H groups in total. The van der Waals surface area contributed by atoms with E-state index in [2.05, 4.69) is 11.8 Å². The minimum absolute atomic E-state index is 0.0336. The molecule has 3 rings (SSSR count). The van der Waals surface area contributed by atoms with Crippen LogP contribution in [0.4, 0.5) is 0 Å². The fourth-order valence-electron chi connectivity index (χ4n) is 3.92. The second-order valence-electron chi connectivity index (χ2n) is 7.74. The molecule has 1 aromatic rings. The van der Waals surface area contributed by atoms with Gasteiger partial charge in [-0.3, -0.25) is 9.69 Å². The molecule has 0 aromatic heterocycles. The average Bonchev–Trinajstić information content (AvgIpc) is 2.68. The molecule has 7 nitrogen and oxygen atoms in total. The quantitative estimate of drug-likeness (QED) is 0.740. The van der Waals surface area contributed by atoms with E-state index < -0.39 is 10.0 Å². The maximum Gasteiger partial charge on any atom is 0.253 e. The summed E-state index contributed by atoms with van der Waals surface area (Å²) in [5, 5.41) is 0. The molecule has 2 aliphatic heterocycles. The molecule has 0 bridgehead atoms. The van der Waals surface area contributed by atoms with Crippen LogP contribution < -0.4 is 0 Å². The molecular formula is C20H31N3O4S. The molecule has 2 atom stereocenters. The van der Waals surface area contributed by atoms with Gasteiger partial charge in [0, 0.05) is 44.8 Å². The predicted molar refractivity (Wildman–Crippen MR) is 108 cm³/mol. The van der Waals surface area contributed by atoms with E-state index in [4.69, 9.17) is 4.74 Å². The van der Waals surface area contributed by atoms with Gasteiger partial charge >= 0.3 is 0 Å². The Balaban J connectivity index is 1.67. The minimum Gasteiger partial charge on any atom is -0.373 e. The highest BCUT2D eigenvalue weighted by atomic mass is 32.2. The van der Waals surface area contributed by atoms with Crippen LogP contribution >= 0.6 is 0 Å². The first kappa shape index (κ1) is 21.2. The monoisotopic (exact) mass is 409 g/mol. The summed E-state index contributed by atoms with van der Waals surface area (Å²) in [5.74, 6) is -0.0336. The van der Waals surface area contributed by atoms with Crippen molar-refractivity contribution in [1.82, 2.24) is 14.1 Å². The molecule has 1 amide bonds. The maximum atomic E-state index is 12.9. The van der Waals surface area contributed by atoms with Crippen molar-refractivity contribution in [3.05, 3.63) is 29.8 Å². The van der Waals surface area contributed by atoms with Crippen molar-refractivity contribution in [3.63, 3.8) is 0 Å². The maximum absolute atomic E-state index is 12.9. The number of ether oxygens (including phenoxy) is 1. The normalized spacial score (nSPS) is 25.0. The number of hydrogen-bond donors (Lipinski definition) is 0. The Bertz CT molecular complexity index is 763. The lowest BCUT2D eigenvalue weighted by Crippen LogP contribution is -2.48. The van der Waals surface area contributed by atoms with Gasteiger partial charge in [0.2, 0.25) is 10.0 Å². The SMILES string of the molecule is CCCN1CCN(C(=O)c2ccc(S(=O)(=O)N3C[C@@H](C)O[C@H](C)C3)cc2)CC1. The van der Waals surface area contributed by atoms with Gasteiger partial charge in [0.05, 0.1) is 17.1 Å². The van der Waals surface area contributed by atoms with E-state index in [1.165, 1.54) is 4.31 Å². The molecule has 156 valence electrons. The molecule has 0 saturated carbocycles. The Kier molecular flexibility index (Phi) is 6.75. The Hall–Kier alpha value is -1.48. The third-order valence-electron chi connectivity index (χ3n) is 5.32. The molecule has 0 radical (unpaired) electrons. The highest BCUT2D eigenvalue weighted by Crippen LogP contribution is 2.22. The van der Waals surface area contributed by atoms with E-state index in [-0.39, 0.29) is 23.0 Å². The van der Waals surface area contributed by atoms with Crippen LogP contribution in [0.25, 0.3) is 0 Å². The molecule has 2 aliphatic rings. The Morgan fingerprint density at radius 1 is 1.04 bits per heavy atom. The number of morpholine rings is 1. The Morgan fingerprint density at radius 2 is 1.61 bits per heavy atom. The van der Waals surface area contributed by atoms with Crippen LogP contribution in [0.3, 0.4) is 0 Å². The van der Waals surface area contributed by atoms with Crippen molar-refractivity contribution in [2.24, 2.45) is 0 Å². The van der Waals surface area contributed by atoms with Gasteiger partial charge in [-0.1, -0.05) is 6.92 Å². The van der Waals surface area contributed by atoms with Gasteiger partial charge in [-0.05, 0) is 51.1 Å². The highest BCUT2D eigenvalue weighted by molar-refractivity contribution is 7.89. The molecule has 1 aromatic carbocycles. The van der Waals surface area contributed by atoms with Gasteiger partial charge in [0.15, 0.2) is 0 Å². The molecule has 0 spiro atoms. The van der Waals surface area contributed by atoms with Gasteiger partial charge in [-0.25, -0.2) is 8.42 Å². The fraction of sp³-hybridized carbons (Fsp3) is 0.650. The van der Waals surface area contributed by atoms with E-state index in [0.717, 1.165) is 26.1 Å². The number of benzene rings is 1. The summed E-state index contributed by atoms with van der Waals surface area (Å²) in [6, 6.07) is 6.34. The number of sulfonamides is 1. The largest absolute Gasteiger partial charge is 0.373 e. The lowest BCUT2D eigenvalue weighted by molar-refractivity contribution is -0.0440. The third kappa shape index (κ3) is 4.74. The summed E-state index contributed by atoms with van der Waals surface area (Å²) in [6.07, 6.45) is 0.849. The number of carbonyl (C=O) groups excluding carboxylic acids is 1. The van der Waals surface area contributed by atoms with E-state index in [0.29, 0.717) is 31.7 Å². The van der Waals surface area contributed by atoms with E-state index in [1.807, 2.05) is 18.7 Å². The zero-order valence-corrected chi connectivity index (χ0v) is 17.8. The van der Waals surface area contributed by atoms with Crippen LogP contribution in [0.15, 0.2) is 29.2 Å². The van der Waals surface area contributed by atoms with Crippen molar-refractivity contribution in [1.29, 1.82) is 0 Å².